The first kappa shape index (κ1) is 16.6. The Morgan fingerprint density at radius 3 is 2.65 bits per heavy atom. The molecule has 1 heterocycles. The van der Waals surface area contributed by atoms with Crippen molar-refractivity contribution in [1.82, 2.24) is 10.6 Å². The van der Waals surface area contributed by atoms with Gasteiger partial charge >= 0.3 is 0 Å². The lowest BCUT2D eigenvalue weighted by Crippen LogP contribution is -2.27. The van der Waals surface area contributed by atoms with Crippen LogP contribution in [0, 0.1) is 0 Å². The van der Waals surface area contributed by atoms with Crippen LogP contribution in [0.25, 0.3) is 0 Å². The monoisotopic (exact) mass is 300 g/mol. The first-order valence-corrected chi connectivity index (χ1v) is 7.27. The minimum atomic E-state index is -0.289. The summed E-state index contributed by atoms with van der Waals surface area (Å²) in [6.45, 7) is 4.90. The summed E-state index contributed by atoms with van der Waals surface area (Å²) in [6, 6.07) is 3.28. The number of carbonyl (C=O) groups excluding carboxylic acids is 2. The van der Waals surface area contributed by atoms with Crippen molar-refractivity contribution in [2.45, 2.75) is 38.5 Å². The number of alkyl halides is 1. The zero-order valence-corrected chi connectivity index (χ0v) is 12.6. The Bertz CT molecular complexity index is 443. The predicted octanol–water partition coefficient (Wildman–Crippen LogP) is 2.62. The molecule has 0 saturated carbocycles. The summed E-state index contributed by atoms with van der Waals surface area (Å²) in [6.07, 6.45) is 1.92. The molecule has 1 aromatic rings. The molecular weight excluding hydrogens is 280 g/mol. The molecule has 1 unspecified atom stereocenters. The molecule has 0 spiro atoms. The van der Waals surface area contributed by atoms with Crippen LogP contribution in [0.4, 0.5) is 0 Å². The van der Waals surface area contributed by atoms with Crippen molar-refractivity contribution in [3.63, 3.8) is 0 Å². The third-order valence-corrected chi connectivity index (χ3v) is 2.90. The van der Waals surface area contributed by atoms with Crippen molar-refractivity contribution in [3.8, 4) is 0 Å². The summed E-state index contributed by atoms with van der Waals surface area (Å²) in [5, 5.41) is 5.23. The van der Waals surface area contributed by atoms with Crippen LogP contribution in [0.3, 0.4) is 0 Å². The van der Waals surface area contributed by atoms with E-state index in [9.17, 15) is 9.59 Å². The molecule has 0 bridgehead atoms. The molecule has 2 N–H and O–H groups in total. The van der Waals surface area contributed by atoms with Crippen LogP contribution < -0.4 is 10.6 Å². The summed E-state index contributed by atoms with van der Waals surface area (Å²) < 4.78 is 5.31. The maximum Gasteiger partial charge on any atom is 0.286 e. The van der Waals surface area contributed by atoms with Crippen molar-refractivity contribution in [2.24, 2.45) is 0 Å². The van der Waals surface area contributed by atoms with Crippen LogP contribution in [0.1, 0.15) is 54.8 Å². The highest BCUT2D eigenvalue weighted by atomic mass is 35.5. The molecule has 0 aliphatic carbocycles. The molecule has 0 aromatic carbocycles. The number of carbonyl (C=O) groups is 2. The Morgan fingerprint density at radius 2 is 2.05 bits per heavy atom. The Hall–Kier alpha value is -1.49. The molecule has 0 aliphatic rings. The minimum absolute atomic E-state index is 0.0114. The maximum atomic E-state index is 11.7. The van der Waals surface area contributed by atoms with Gasteiger partial charge in [0.1, 0.15) is 5.76 Å². The van der Waals surface area contributed by atoms with Gasteiger partial charge in [0.25, 0.3) is 5.91 Å². The Kier molecular flexibility index (Phi) is 7.15. The van der Waals surface area contributed by atoms with E-state index in [1.165, 1.54) is 0 Å². The van der Waals surface area contributed by atoms with Crippen molar-refractivity contribution in [2.75, 3.05) is 13.1 Å². The summed E-state index contributed by atoms with van der Waals surface area (Å²) in [5.41, 5.74) is 0. The van der Waals surface area contributed by atoms with E-state index in [-0.39, 0.29) is 23.0 Å². The topological polar surface area (TPSA) is 71.3 Å². The number of hydrogen-bond acceptors (Lipinski definition) is 3. The lowest BCUT2D eigenvalue weighted by molar-refractivity contribution is -0.121. The Labute approximate surface area is 124 Å². The molecule has 2 amide bonds. The van der Waals surface area contributed by atoms with Crippen LogP contribution >= 0.6 is 11.6 Å². The lowest BCUT2D eigenvalue weighted by atomic mass is 10.3. The normalized spacial score (nSPS) is 11.9. The Balaban J connectivity index is 2.24. The van der Waals surface area contributed by atoms with Crippen LogP contribution in [0.2, 0.25) is 0 Å². The van der Waals surface area contributed by atoms with Crippen molar-refractivity contribution in [1.29, 1.82) is 0 Å². The van der Waals surface area contributed by atoms with E-state index in [0.717, 1.165) is 6.42 Å². The second-order valence-corrected chi connectivity index (χ2v) is 5.18. The summed E-state index contributed by atoms with van der Waals surface area (Å²) >= 11 is 5.85. The van der Waals surface area contributed by atoms with E-state index in [0.29, 0.717) is 31.7 Å². The molecule has 0 aliphatic heterocycles. The number of furan rings is 1. The van der Waals surface area contributed by atoms with Crippen molar-refractivity contribution in [3.05, 3.63) is 23.7 Å². The van der Waals surface area contributed by atoms with Gasteiger partial charge in [0.05, 0.1) is 5.38 Å². The standard InChI is InChI=1S/C14H21ClN2O3/c1-3-8-16-13(18)5-4-9-17-14(19)12-7-6-11(20-12)10(2)15/h6-7,10H,3-5,8-9H2,1-2H3,(H,16,18)(H,17,19). The molecule has 1 rings (SSSR count). The van der Waals surface area contributed by atoms with Gasteiger partial charge in [-0.3, -0.25) is 9.59 Å². The van der Waals surface area contributed by atoms with E-state index >= 15 is 0 Å². The number of amides is 2. The maximum absolute atomic E-state index is 11.7. The highest BCUT2D eigenvalue weighted by molar-refractivity contribution is 6.20. The van der Waals surface area contributed by atoms with E-state index in [1.807, 2.05) is 6.92 Å². The van der Waals surface area contributed by atoms with Gasteiger partial charge in [-0.1, -0.05) is 6.92 Å². The molecule has 1 atom stereocenters. The SMILES string of the molecule is CCCNC(=O)CCCNC(=O)c1ccc(C(C)Cl)o1. The molecule has 0 saturated heterocycles. The average Bonchev–Trinajstić information content (AvgIpc) is 2.91. The zero-order chi connectivity index (χ0) is 15.0. The van der Waals surface area contributed by atoms with Crippen LogP contribution in [-0.2, 0) is 4.79 Å². The number of nitrogens with one attached hydrogen (secondary N) is 2. The first-order valence-electron chi connectivity index (χ1n) is 6.83. The van der Waals surface area contributed by atoms with E-state index < -0.39 is 0 Å². The second kappa shape index (κ2) is 8.64. The number of rotatable bonds is 8. The van der Waals surface area contributed by atoms with Crippen LogP contribution in [0.15, 0.2) is 16.5 Å². The van der Waals surface area contributed by atoms with Gasteiger partial charge in [-0.15, -0.1) is 11.6 Å². The zero-order valence-electron chi connectivity index (χ0n) is 11.9. The second-order valence-electron chi connectivity index (χ2n) is 4.53. The van der Waals surface area contributed by atoms with Crippen molar-refractivity contribution < 1.29 is 14.0 Å². The van der Waals surface area contributed by atoms with Crippen LogP contribution in [-0.4, -0.2) is 24.9 Å². The molecule has 0 fully saturated rings. The minimum Gasteiger partial charge on any atom is -0.454 e. The number of hydrogen-bond donors (Lipinski definition) is 2. The molecule has 20 heavy (non-hydrogen) atoms. The van der Waals surface area contributed by atoms with Gasteiger partial charge < -0.3 is 15.1 Å². The van der Waals surface area contributed by atoms with Crippen molar-refractivity contribution >= 4 is 23.4 Å². The predicted molar refractivity (Wildman–Crippen MR) is 77.8 cm³/mol. The molecule has 1 aromatic heterocycles. The number of halogens is 1. The van der Waals surface area contributed by atoms with Gasteiger partial charge in [0.2, 0.25) is 5.91 Å². The van der Waals surface area contributed by atoms with Crippen LogP contribution in [0.5, 0.6) is 0 Å². The van der Waals surface area contributed by atoms with Gasteiger partial charge in [0.15, 0.2) is 5.76 Å². The molecule has 0 radical (unpaired) electrons. The average molecular weight is 301 g/mol. The smallest absolute Gasteiger partial charge is 0.286 e. The fraction of sp³-hybridized carbons (Fsp3) is 0.571. The highest BCUT2D eigenvalue weighted by Crippen LogP contribution is 2.21. The van der Waals surface area contributed by atoms with Gasteiger partial charge in [-0.25, -0.2) is 0 Å². The third kappa shape index (κ3) is 5.65. The lowest BCUT2D eigenvalue weighted by Gasteiger charge is -2.04. The molecular formula is C14H21ClN2O3. The highest BCUT2D eigenvalue weighted by Gasteiger charge is 2.13. The fourth-order valence-corrected chi connectivity index (χ4v) is 1.70. The third-order valence-electron chi connectivity index (χ3n) is 2.68. The molecule has 6 heteroatoms. The quantitative estimate of drug-likeness (QED) is 0.572. The summed E-state index contributed by atoms with van der Waals surface area (Å²) in [7, 11) is 0. The summed E-state index contributed by atoms with van der Waals surface area (Å²) in [4.78, 5) is 23.1. The van der Waals surface area contributed by atoms with Gasteiger partial charge in [0, 0.05) is 19.5 Å². The van der Waals surface area contributed by atoms with E-state index in [1.54, 1.807) is 19.1 Å². The molecule has 5 nitrogen and oxygen atoms in total. The van der Waals surface area contributed by atoms with E-state index in [2.05, 4.69) is 10.6 Å². The first-order chi connectivity index (χ1) is 9.54. The summed E-state index contributed by atoms with van der Waals surface area (Å²) in [5.74, 6) is 0.526. The van der Waals surface area contributed by atoms with Gasteiger partial charge in [-0.2, -0.15) is 0 Å². The van der Waals surface area contributed by atoms with E-state index in [4.69, 9.17) is 16.0 Å². The Morgan fingerprint density at radius 1 is 1.30 bits per heavy atom. The molecule has 112 valence electrons. The fourth-order valence-electron chi connectivity index (χ4n) is 1.58. The van der Waals surface area contributed by atoms with Gasteiger partial charge in [-0.05, 0) is 31.9 Å². The largest absolute Gasteiger partial charge is 0.454 e.